The average molecular weight is 391 g/mol. The number of esters is 2. The Morgan fingerprint density at radius 2 is 1.62 bits per heavy atom. The third-order valence-electron chi connectivity index (χ3n) is 2.93. The average Bonchev–Trinajstić information content (AvgIpc) is 2.52. The van der Waals surface area contributed by atoms with Gasteiger partial charge in [-0.3, -0.25) is 23.2 Å². The van der Waals surface area contributed by atoms with Crippen LogP contribution in [0.5, 0.6) is 0 Å². The quantitative estimate of drug-likeness (QED) is 0.0993. The monoisotopic (exact) mass is 391 g/mol. The van der Waals surface area contributed by atoms with E-state index >= 15 is 0 Å². The van der Waals surface area contributed by atoms with Gasteiger partial charge in [-0.15, -0.1) is 6.58 Å². The SMILES string of the molecule is C=CCP(=O)(OCOC(=O)C(C)(C)C)OCOC(=O)C(C)(C)CN=[N+]=[N-]. The Balaban J connectivity index is 4.60. The van der Waals surface area contributed by atoms with Gasteiger partial charge in [0.1, 0.15) is 0 Å². The number of azide groups is 1. The van der Waals surface area contributed by atoms with Crippen molar-refractivity contribution in [3.8, 4) is 0 Å². The van der Waals surface area contributed by atoms with E-state index in [9.17, 15) is 14.2 Å². The van der Waals surface area contributed by atoms with Gasteiger partial charge in [-0.2, -0.15) is 0 Å². The molecule has 0 aromatic rings. The van der Waals surface area contributed by atoms with E-state index in [1.807, 2.05) is 0 Å². The fraction of sp³-hybridized carbons (Fsp3) is 0.733. The highest BCUT2D eigenvalue weighted by atomic mass is 31.2. The summed E-state index contributed by atoms with van der Waals surface area (Å²) in [4.78, 5) is 26.2. The minimum Gasteiger partial charge on any atom is -0.438 e. The number of carbonyl (C=O) groups is 2. The molecule has 0 spiro atoms. The fourth-order valence-electron chi connectivity index (χ4n) is 1.31. The van der Waals surface area contributed by atoms with Crippen LogP contribution in [-0.4, -0.2) is 38.2 Å². The molecule has 10 nitrogen and oxygen atoms in total. The van der Waals surface area contributed by atoms with Crippen molar-refractivity contribution in [3.63, 3.8) is 0 Å². The zero-order chi connectivity index (χ0) is 20.4. The van der Waals surface area contributed by atoms with Crippen LogP contribution < -0.4 is 0 Å². The van der Waals surface area contributed by atoms with Crippen LogP contribution in [0.25, 0.3) is 10.4 Å². The number of ether oxygens (including phenoxy) is 2. The molecule has 0 amide bonds. The molecule has 0 aromatic carbocycles. The second-order valence-corrected chi connectivity index (χ2v) is 9.07. The molecule has 0 saturated carbocycles. The molecule has 0 radical (unpaired) electrons. The summed E-state index contributed by atoms with van der Waals surface area (Å²) >= 11 is 0. The molecule has 0 rings (SSSR count). The molecule has 0 heterocycles. The van der Waals surface area contributed by atoms with E-state index in [1.54, 1.807) is 20.8 Å². The molecule has 0 aromatic heterocycles. The van der Waals surface area contributed by atoms with Crippen LogP contribution in [0.1, 0.15) is 34.6 Å². The van der Waals surface area contributed by atoms with Gasteiger partial charge in [0, 0.05) is 11.5 Å². The van der Waals surface area contributed by atoms with E-state index in [0.717, 1.165) is 0 Å². The second kappa shape index (κ2) is 10.3. The zero-order valence-corrected chi connectivity index (χ0v) is 16.7. The maximum absolute atomic E-state index is 12.5. The van der Waals surface area contributed by atoms with Gasteiger partial charge in [-0.25, -0.2) is 0 Å². The summed E-state index contributed by atoms with van der Waals surface area (Å²) in [5.41, 5.74) is 6.50. The molecule has 0 aliphatic rings. The Hall–Kier alpha value is -1.86. The smallest absolute Gasteiger partial charge is 0.340 e. The van der Waals surface area contributed by atoms with Gasteiger partial charge in [0.15, 0.2) is 0 Å². The molecule has 0 saturated heterocycles. The Kier molecular flexibility index (Phi) is 9.59. The molecule has 0 aliphatic heterocycles. The topological polar surface area (TPSA) is 137 Å². The normalized spacial score (nSPS) is 13.9. The van der Waals surface area contributed by atoms with Crippen molar-refractivity contribution < 1.29 is 32.7 Å². The van der Waals surface area contributed by atoms with Crippen molar-refractivity contribution in [2.24, 2.45) is 15.9 Å². The van der Waals surface area contributed by atoms with Crippen molar-refractivity contribution >= 4 is 19.5 Å². The zero-order valence-electron chi connectivity index (χ0n) is 15.8. The summed E-state index contributed by atoms with van der Waals surface area (Å²) in [5, 5.41) is 3.33. The molecule has 0 aliphatic carbocycles. The van der Waals surface area contributed by atoms with Crippen molar-refractivity contribution in [1.29, 1.82) is 0 Å². The number of rotatable bonds is 11. The van der Waals surface area contributed by atoms with E-state index in [-0.39, 0.29) is 12.7 Å². The molecule has 0 N–H and O–H groups in total. The Morgan fingerprint density at radius 3 is 2.04 bits per heavy atom. The van der Waals surface area contributed by atoms with Crippen LogP contribution in [0.15, 0.2) is 17.8 Å². The van der Waals surface area contributed by atoms with Crippen LogP contribution in [0.3, 0.4) is 0 Å². The van der Waals surface area contributed by atoms with Crippen LogP contribution in [-0.2, 0) is 32.7 Å². The first-order valence-electron chi connectivity index (χ1n) is 7.72. The van der Waals surface area contributed by atoms with Gasteiger partial charge in [0.25, 0.3) is 0 Å². The van der Waals surface area contributed by atoms with E-state index in [4.69, 9.17) is 24.1 Å². The molecule has 0 fully saturated rings. The Morgan fingerprint density at radius 1 is 1.12 bits per heavy atom. The predicted octanol–water partition coefficient (Wildman–Crippen LogP) is 3.78. The summed E-state index contributed by atoms with van der Waals surface area (Å²) in [6.45, 7) is 10.2. The number of carbonyl (C=O) groups excluding carboxylic acids is 2. The predicted molar refractivity (Wildman–Crippen MR) is 94.0 cm³/mol. The lowest BCUT2D eigenvalue weighted by Crippen LogP contribution is -2.30. The molecule has 0 bridgehead atoms. The van der Waals surface area contributed by atoms with Gasteiger partial charge in [0.05, 0.1) is 17.0 Å². The Bertz CT molecular complexity index is 607. The third-order valence-corrected chi connectivity index (χ3v) is 4.63. The fourth-order valence-corrected chi connectivity index (χ4v) is 2.33. The highest BCUT2D eigenvalue weighted by molar-refractivity contribution is 7.54. The summed E-state index contributed by atoms with van der Waals surface area (Å²) < 4.78 is 32.3. The van der Waals surface area contributed by atoms with Crippen LogP contribution >= 0.6 is 7.60 Å². The first-order valence-corrected chi connectivity index (χ1v) is 9.45. The summed E-state index contributed by atoms with van der Waals surface area (Å²) in [6.07, 6.45) is 1.14. The van der Waals surface area contributed by atoms with Crippen LogP contribution in [0, 0.1) is 10.8 Å². The minimum atomic E-state index is -3.71. The minimum absolute atomic E-state index is 0.105. The van der Waals surface area contributed by atoms with Gasteiger partial charge in [0.2, 0.25) is 13.6 Å². The summed E-state index contributed by atoms with van der Waals surface area (Å²) in [5.74, 6) is -1.23. The number of hydrogen-bond donors (Lipinski definition) is 0. The number of hydrogen-bond acceptors (Lipinski definition) is 8. The lowest BCUT2D eigenvalue weighted by atomic mass is 9.94. The lowest BCUT2D eigenvalue weighted by molar-refractivity contribution is -0.162. The van der Waals surface area contributed by atoms with Crippen molar-refractivity contribution in [3.05, 3.63) is 23.1 Å². The molecule has 1 atom stereocenters. The van der Waals surface area contributed by atoms with Gasteiger partial charge in [-0.05, 0) is 40.1 Å². The van der Waals surface area contributed by atoms with Crippen molar-refractivity contribution in [2.75, 3.05) is 26.3 Å². The molecule has 148 valence electrons. The summed E-state index contributed by atoms with van der Waals surface area (Å²) in [7, 11) is -3.71. The Labute approximate surface area is 153 Å². The van der Waals surface area contributed by atoms with Gasteiger partial charge >= 0.3 is 19.5 Å². The molecular weight excluding hydrogens is 365 g/mol. The maximum Gasteiger partial charge on any atom is 0.340 e. The van der Waals surface area contributed by atoms with E-state index in [1.165, 1.54) is 19.9 Å². The van der Waals surface area contributed by atoms with Crippen LogP contribution in [0.2, 0.25) is 0 Å². The highest BCUT2D eigenvalue weighted by Gasteiger charge is 2.31. The lowest BCUT2D eigenvalue weighted by Gasteiger charge is -2.22. The highest BCUT2D eigenvalue weighted by Crippen LogP contribution is 2.48. The van der Waals surface area contributed by atoms with Crippen molar-refractivity contribution in [2.45, 2.75) is 34.6 Å². The van der Waals surface area contributed by atoms with E-state index < -0.39 is 44.0 Å². The number of nitrogens with zero attached hydrogens (tertiary/aromatic N) is 3. The van der Waals surface area contributed by atoms with E-state index in [0.29, 0.717) is 0 Å². The van der Waals surface area contributed by atoms with Crippen molar-refractivity contribution in [1.82, 2.24) is 0 Å². The maximum atomic E-state index is 12.5. The molecule has 11 heteroatoms. The van der Waals surface area contributed by atoms with Crippen LogP contribution in [0.4, 0.5) is 0 Å². The molecule has 1 unspecified atom stereocenters. The first kappa shape index (κ1) is 24.1. The number of allylic oxidation sites excluding steroid dienone is 1. The first-order chi connectivity index (χ1) is 11.9. The molecular formula is C15H26N3O7P. The third kappa shape index (κ3) is 9.01. The largest absolute Gasteiger partial charge is 0.438 e. The van der Waals surface area contributed by atoms with Gasteiger partial charge in [-0.1, -0.05) is 11.2 Å². The standard InChI is InChI=1S/C15H26N3O7P/c1-7-8-26(21,24-10-22-12(19)14(2,3)4)25-11-23-13(20)15(5,6)9-17-18-16/h7H,1,8-11H2,2-6H3. The summed E-state index contributed by atoms with van der Waals surface area (Å²) in [6, 6.07) is 0. The van der Waals surface area contributed by atoms with E-state index in [2.05, 4.69) is 16.6 Å². The second-order valence-electron chi connectivity index (χ2n) is 6.96. The molecule has 26 heavy (non-hydrogen) atoms. The van der Waals surface area contributed by atoms with Gasteiger partial charge < -0.3 is 9.47 Å².